The highest BCUT2D eigenvalue weighted by Gasteiger charge is 2.32. The number of rotatable bonds is 7. The Bertz CT molecular complexity index is 513. The Morgan fingerprint density at radius 1 is 1.45 bits per heavy atom. The Labute approximate surface area is 131 Å². The van der Waals surface area contributed by atoms with Gasteiger partial charge in [-0.15, -0.1) is 0 Å². The van der Waals surface area contributed by atoms with Crippen molar-refractivity contribution < 1.29 is 13.9 Å². The maximum atomic E-state index is 14.1. The summed E-state index contributed by atoms with van der Waals surface area (Å²) in [5.41, 5.74) is 0.645. The molecule has 22 heavy (non-hydrogen) atoms. The van der Waals surface area contributed by atoms with Crippen LogP contribution in [0.15, 0.2) is 18.2 Å². The van der Waals surface area contributed by atoms with Crippen molar-refractivity contribution in [3.8, 4) is 5.75 Å². The first kappa shape index (κ1) is 16.7. The van der Waals surface area contributed by atoms with Crippen LogP contribution >= 0.6 is 0 Å². The fourth-order valence-corrected chi connectivity index (χ4v) is 2.47. The van der Waals surface area contributed by atoms with Crippen LogP contribution in [0.4, 0.5) is 4.39 Å². The van der Waals surface area contributed by atoms with Gasteiger partial charge in [-0.3, -0.25) is 9.69 Å². The molecule has 1 aromatic carbocycles. The predicted octanol–water partition coefficient (Wildman–Crippen LogP) is 2.43. The van der Waals surface area contributed by atoms with E-state index in [0.717, 1.165) is 6.42 Å². The molecule has 0 aromatic heterocycles. The van der Waals surface area contributed by atoms with Gasteiger partial charge in [-0.1, -0.05) is 19.9 Å². The minimum atomic E-state index is -0.245. The molecule has 1 heterocycles. The number of likely N-dealkylation sites (tertiary alicyclic amines) is 1. The molecule has 1 fully saturated rings. The van der Waals surface area contributed by atoms with Gasteiger partial charge in [0.1, 0.15) is 11.6 Å². The van der Waals surface area contributed by atoms with Crippen molar-refractivity contribution in [1.82, 2.24) is 10.2 Å². The van der Waals surface area contributed by atoms with E-state index < -0.39 is 0 Å². The summed E-state index contributed by atoms with van der Waals surface area (Å²) < 4.78 is 19.6. The Hall–Kier alpha value is -1.62. The zero-order valence-electron chi connectivity index (χ0n) is 13.6. The van der Waals surface area contributed by atoms with Gasteiger partial charge in [0.05, 0.1) is 12.5 Å². The maximum Gasteiger partial charge on any atom is 0.225 e. The second-order valence-electron chi connectivity index (χ2n) is 6.29. The van der Waals surface area contributed by atoms with Gasteiger partial charge in [0.15, 0.2) is 0 Å². The SMILES string of the molecule is CNC(=O)C1CN(Cc2ccc(OCCC(C)C)cc2F)C1. The average molecular weight is 308 g/mol. The highest BCUT2D eigenvalue weighted by Crippen LogP contribution is 2.23. The first-order valence-corrected chi connectivity index (χ1v) is 7.84. The molecule has 1 aliphatic rings. The van der Waals surface area contributed by atoms with Crippen molar-refractivity contribution in [2.45, 2.75) is 26.8 Å². The minimum absolute atomic E-state index is 0.0340. The topological polar surface area (TPSA) is 41.6 Å². The fraction of sp³-hybridized carbons (Fsp3) is 0.588. The summed E-state index contributed by atoms with van der Waals surface area (Å²) in [4.78, 5) is 13.5. The van der Waals surface area contributed by atoms with E-state index in [1.165, 1.54) is 6.07 Å². The van der Waals surface area contributed by atoms with Crippen LogP contribution in [-0.4, -0.2) is 37.6 Å². The number of nitrogens with zero attached hydrogens (tertiary/aromatic N) is 1. The molecule has 4 nitrogen and oxygen atoms in total. The maximum absolute atomic E-state index is 14.1. The third-order valence-electron chi connectivity index (χ3n) is 3.96. The lowest BCUT2D eigenvalue weighted by Gasteiger charge is -2.38. The Balaban J connectivity index is 1.82. The Morgan fingerprint density at radius 2 is 2.18 bits per heavy atom. The van der Waals surface area contributed by atoms with Gasteiger partial charge >= 0.3 is 0 Å². The summed E-state index contributed by atoms with van der Waals surface area (Å²) in [6.45, 7) is 6.78. The number of amides is 1. The monoisotopic (exact) mass is 308 g/mol. The van der Waals surface area contributed by atoms with Crippen LogP contribution in [0, 0.1) is 17.7 Å². The molecular formula is C17H25FN2O2. The van der Waals surface area contributed by atoms with Crippen molar-refractivity contribution in [2.24, 2.45) is 11.8 Å². The minimum Gasteiger partial charge on any atom is -0.493 e. The molecule has 0 radical (unpaired) electrons. The number of hydrogen-bond donors (Lipinski definition) is 1. The van der Waals surface area contributed by atoms with E-state index in [4.69, 9.17) is 4.74 Å². The standard InChI is InChI=1S/C17H25FN2O2/c1-12(2)6-7-22-15-5-4-13(16(18)8-15)9-20-10-14(11-20)17(21)19-3/h4-5,8,12,14H,6-7,9-11H2,1-3H3,(H,19,21). The second-order valence-corrected chi connectivity index (χ2v) is 6.29. The van der Waals surface area contributed by atoms with Gasteiger partial charge in [0, 0.05) is 38.3 Å². The largest absolute Gasteiger partial charge is 0.493 e. The molecule has 0 saturated carbocycles. The summed E-state index contributed by atoms with van der Waals surface area (Å²) in [6, 6.07) is 5.04. The van der Waals surface area contributed by atoms with E-state index in [1.54, 1.807) is 13.1 Å². The predicted molar refractivity (Wildman–Crippen MR) is 84.2 cm³/mol. The molecule has 0 aliphatic carbocycles. The van der Waals surface area contributed by atoms with Crippen LogP contribution in [0.25, 0.3) is 0 Å². The molecule has 0 atom stereocenters. The molecule has 0 spiro atoms. The van der Waals surface area contributed by atoms with Crippen molar-refractivity contribution in [1.29, 1.82) is 0 Å². The number of carbonyl (C=O) groups is 1. The van der Waals surface area contributed by atoms with Gasteiger partial charge in [-0.25, -0.2) is 4.39 Å². The van der Waals surface area contributed by atoms with E-state index >= 15 is 0 Å². The number of ether oxygens (including phenoxy) is 1. The van der Waals surface area contributed by atoms with Crippen molar-refractivity contribution in [3.63, 3.8) is 0 Å². The lowest BCUT2D eigenvalue weighted by Crippen LogP contribution is -2.52. The first-order valence-electron chi connectivity index (χ1n) is 7.84. The molecule has 1 aromatic rings. The first-order chi connectivity index (χ1) is 10.5. The van der Waals surface area contributed by atoms with Gasteiger partial charge in [0.2, 0.25) is 5.91 Å². The second kappa shape index (κ2) is 7.58. The number of halogens is 1. The Morgan fingerprint density at radius 3 is 2.77 bits per heavy atom. The molecular weight excluding hydrogens is 283 g/mol. The lowest BCUT2D eigenvalue weighted by atomic mass is 9.98. The number of nitrogens with one attached hydrogen (secondary N) is 1. The van der Waals surface area contributed by atoms with Crippen LogP contribution in [0.5, 0.6) is 5.75 Å². The number of hydrogen-bond acceptors (Lipinski definition) is 3. The van der Waals surface area contributed by atoms with Gasteiger partial charge < -0.3 is 10.1 Å². The summed E-state index contributed by atoms with van der Waals surface area (Å²) in [6.07, 6.45) is 0.956. The van der Waals surface area contributed by atoms with Crippen molar-refractivity contribution in [3.05, 3.63) is 29.6 Å². The van der Waals surface area contributed by atoms with E-state index in [-0.39, 0.29) is 17.6 Å². The van der Waals surface area contributed by atoms with Gasteiger partial charge in [0.25, 0.3) is 0 Å². The molecule has 5 heteroatoms. The highest BCUT2D eigenvalue weighted by atomic mass is 19.1. The van der Waals surface area contributed by atoms with E-state index in [0.29, 0.717) is 43.5 Å². The molecule has 1 saturated heterocycles. The zero-order valence-corrected chi connectivity index (χ0v) is 13.6. The van der Waals surface area contributed by atoms with Gasteiger partial charge in [-0.05, 0) is 18.4 Å². The Kier molecular flexibility index (Phi) is 5.77. The van der Waals surface area contributed by atoms with E-state index in [1.807, 2.05) is 6.07 Å². The van der Waals surface area contributed by atoms with Crippen LogP contribution in [0.2, 0.25) is 0 Å². The van der Waals surface area contributed by atoms with E-state index in [9.17, 15) is 9.18 Å². The quantitative estimate of drug-likeness (QED) is 0.841. The molecule has 1 amide bonds. The molecule has 1 N–H and O–H groups in total. The summed E-state index contributed by atoms with van der Waals surface area (Å²) in [5, 5.41) is 2.64. The molecule has 0 unspecified atom stereocenters. The van der Waals surface area contributed by atoms with Gasteiger partial charge in [-0.2, -0.15) is 0 Å². The van der Waals surface area contributed by atoms with Crippen LogP contribution < -0.4 is 10.1 Å². The van der Waals surface area contributed by atoms with Crippen LogP contribution in [-0.2, 0) is 11.3 Å². The number of benzene rings is 1. The third-order valence-corrected chi connectivity index (χ3v) is 3.96. The van der Waals surface area contributed by atoms with Crippen molar-refractivity contribution >= 4 is 5.91 Å². The van der Waals surface area contributed by atoms with E-state index in [2.05, 4.69) is 24.1 Å². The lowest BCUT2D eigenvalue weighted by molar-refractivity contribution is -0.129. The smallest absolute Gasteiger partial charge is 0.225 e. The van der Waals surface area contributed by atoms with Crippen LogP contribution in [0.3, 0.4) is 0 Å². The normalized spacial score (nSPS) is 15.7. The summed E-state index contributed by atoms with van der Waals surface area (Å²) in [7, 11) is 1.64. The molecule has 122 valence electrons. The summed E-state index contributed by atoms with van der Waals surface area (Å²) >= 11 is 0. The third kappa shape index (κ3) is 4.44. The molecule has 2 rings (SSSR count). The number of carbonyl (C=O) groups excluding carboxylic acids is 1. The zero-order chi connectivity index (χ0) is 16.1. The molecule has 0 bridgehead atoms. The van der Waals surface area contributed by atoms with Crippen molar-refractivity contribution in [2.75, 3.05) is 26.7 Å². The fourth-order valence-electron chi connectivity index (χ4n) is 2.47. The summed E-state index contributed by atoms with van der Waals surface area (Å²) in [5.74, 6) is 1.00. The average Bonchev–Trinajstić information content (AvgIpc) is 2.43. The molecule has 1 aliphatic heterocycles. The van der Waals surface area contributed by atoms with Crippen LogP contribution in [0.1, 0.15) is 25.8 Å². The highest BCUT2D eigenvalue weighted by molar-refractivity contribution is 5.79.